The minimum Gasteiger partial charge on any atom is -0.481 e. The molecule has 0 aromatic carbocycles. The van der Waals surface area contributed by atoms with Gasteiger partial charge in [-0.25, -0.2) is 9.59 Å². The van der Waals surface area contributed by atoms with E-state index in [1.165, 1.54) is 13.1 Å². The lowest BCUT2D eigenvalue weighted by Gasteiger charge is -2.20. The van der Waals surface area contributed by atoms with E-state index in [2.05, 4.69) is 4.98 Å². The molecular formula is C14H18N2O9. The van der Waals surface area contributed by atoms with Gasteiger partial charge in [0, 0.05) is 18.2 Å². The van der Waals surface area contributed by atoms with Gasteiger partial charge in [0.15, 0.2) is 6.10 Å². The number of hydrogen-bond donors (Lipinski definition) is 4. The fraction of sp³-hybridized carbons (Fsp3) is 0.571. The Bertz CT molecular complexity index is 768. The number of aliphatic hydroxyl groups is 1. The number of hydrogen-bond acceptors (Lipinski definition) is 7. The van der Waals surface area contributed by atoms with Crippen LogP contribution in [-0.4, -0.2) is 61.7 Å². The van der Waals surface area contributed by atoms with Gasteiger partial charge in [-0.05, 0) is 6.92 Å². The summed E-state index contributed by atoms with van der Waals surface area (Å²) in [4.78, 5) is 47.3. The average Bonchev–Trinajstić information content (AvgIpc) is 2.92. The van der Waals surface area contributed by atoms with Crippen molar-refractivity contribution in [3.63, 3.8) is 0 Å². The molecule has 0 spiro atoms. The van der Waals surface area contributed by atoms with E-state index < -0.39 is 60.8 Å². The number of carboxylic acids is 2. The molecule has 1 aliphatic heterocycles. The molecule has 0 aliphatic carbocycles. The topological polar surface area (TPSA) is 168 Å². The van der Waals surface area contributed by atoms with Crippen molar-refractivity contribution in [3.05, 3.63) is 32.6 Å². The van der Waals surface area contributed by atoms with Crippen molar-refractivity contribution in [3.8, 4) is 0 Å². The third-order valence-corrected chi connectivity index (χ3v) is 3.79. The van der Waals surface area contributed by atoms with Gasteiger partial charge < -0.3 is 24.8 Å². The van der Waals surface area contributed by atoms with Gasteiger partial charge in [0.25, 0.3) is 5.56 Å². The van der Waals surface area contributed by atoms with Gasteiger partial charge in [-0.15, -0.1) is 0 Å². The first-order valence-corrected chi connectivity index (χ1v) is 7.41. The highest BCUT2D eigenvalue weighted by atomic mass is 16.6. The summed E-state index contributed by atoms with van der Waals surface area (Å²) >= 11 is 0. The number of aromatic amines is 1. The van der Waals surface area contributed by atoms with Crippen LogP contribution in [-0.2, 0) is 19.1 Å². The highest BCUT2D eigenvalue weighted by Gasteiger charge is 2.40. The predicted molar refractivity (Wildman–Crippen MR) is 80.2 cm³/mol. The van der Waals surface area contributed by atoms with Crippen LogP contribution in [0.2, 0.25) is 0 Å². The van der Waals surface area contributed by atoms with Gasteiger partial charge >= 0.3 is 17.6 Å². The molecule has 1 saturated heterocycles. The maximum atomic E-state index is 11.9. The lowest BCUT2D eigenvalue weighted by Crippen LogP contribution is -2.36. The van der Waals surface area contributed by atoms with Crippen molar-refractivity contribution >= 4 is 11.9 Å². The van der Waals surface area contributed by atoms with Gasteiger partial charge in [-0.3, -0.25) is 19.1 Å². The summed E-state index contributed by atoms with van der Waals surface area (Å²) in [6.07, 6.45) is -3.87. The van der Waals surface area contributed by atoms with E-state index in [1.807, 2.05) is 0 Å². The lowest BCUT2D eigenvalue weighted by molar-refractivity contribution is -0.163. The van der Waals surface area contributed by atoms with Crippen molar-refractivity contribution in [2.24, 2.45) is 0 Å². The number of carboxylic acid groups (broad SMARTS) is 2. The SMILES string of the molecule is Cc1cn([C@H]2CC(OC(CC(=O)O)C(=O)O)[C@@H](CO)O2)c(=O)[nH]c1=O. The molecule has 0 amide bonds. The molecule has 4 N–H and O–H groups in total. The summed E-state index contributed by atoms with van der Waals surface area (Å²) in [6, 6.07) is 0. The van der Waals surface area contributed by atoms with E-state index in [-0.39, 0.29) is 12.0 Å². The molecule has 138 valence electrons. The van der Waals surface area contributed by atoms with Gasteiger partial charge in [-0.1, -0.05) is 0 Å². The normalized spacial score (nSPS) is 24.2. The number of aromatic nitrogens is 2. The third kappa shape index (κ3) is 4.32. The van der Waals surface area contributed by atoms with Crippen molar-refractivity contribution < 1.29 is 34.4 Å². The Morgan fingerprint density at radius 1 is 1.44 bits per heavy atom. The monoisotopic (exact) mass is 358 g/mol. The number of nitrogens with one attached hydrogen (secondary N) is 1. The van der Waals surface area contributed by atoms with Crippen LogP contribution in [0, 0.1) is 6.92 Å². The lowest BCUT2D eigenvalue weighted by atomic mass is 10.1. The molecule has 1 aliphatic rings. The molecule has 0 radical (unpaired) electrons. The second-order valence-electron chi connectivity index (χ2n) is 5.63. The van der Waals surface area contributed by atoms with E-state index in [9.17, 15) is 24.3 Å². The minimum absolute atomic E-state index is 0.0000161. The van der Waals surface area contributed by atoms with Crippen LogP contribution in [0.3, 0.4) is 0 Å². The van der Waals surface area contributed by atoms with E-state index in [1.54, 1.807) is 0 Å². The van der Waals surface area contributed by atoms with Gasteiger partial charge in [0.1, 0.15) is 12.3 Å². The van der Waals surface area contributed by atoms with E-state index in [4.69, 9.17) is 19.7 Å². The number of H-pyrrole nitrogens is 1. The van der Waals surface area contributed by atoms with Crippen molar-refractivity contribution in [2.75, 3.05) is 6.61 Å². The zero-order valence-corrected chi connectivity index (χ0v) is 13.2. The van der Waals surface area contributed by atoms with Crippen molar-refractivity contribution in [1.82, 2.24) is 9.55 Å². The second-order valence-corrected chi connectivity index (χ2v) is 5.63. The molecule has 11 heteroatoms. The summed E-state index contributed by atoms with van der Waals surface area (Å²) in [7, 11) is 0. The predicted octanol–water partition coefficient (Wildman–Crippen LogP) is -1.56. The number of nitrogens with zero attached hydrogens (tertiary/aromatic N) is 1. The van der Waals surface area contributed by atoms with Gasteiger partial charge in [0.2, 0.25) is 0 Å². The van der Waals surface area contributed by atoms with Crippen LogP contribution in [0.5, 0.6) is 0 Å². The smallest absolute Gasteiger partial charge is 0.333 e. The van der Waals surface area contributed by atoms with Crippen LogP contribution in [0.4, 0.5) is 0 Å². The zero-order chi connectivity index (χ0) is 18.7. The molecule has 25 heavy (non-hydrogen) atoms. The molecule has 1 aromatic heterocycles. The molecular weight excluding hydrogens is 340 g/mol. The number of aliphatic carboxylic acids is 2. The van der Waals surface area contributed by atoms with Crippen molar-refractivity contribution in [1.29, 1.82) is 0 Å². The van der Waals surface area contributed by atoms with Crippen LogP contribution in [0.1, 0.15) is 24.6 Å². The van der Waals surface area contributed by atoms with E-state index >= 15 is 0 Å². The molecule has 0 bridgehead atoms. The quantitative estimate of drug-likeness (QED) is 0.450. The Labute approximate surface area is 140 Å². The number of aryl methyl sites for hydroxylation is 1. The molecule has 2 rings (SSSR count). The Kier molecular flexibility index (Phi) is 5.72. The maximum Gasteiger partial charge on any atom is 0.333 e. The van der Waals surface area contributed by atoms with Gasteiger partial charge in [-0.2, -0.15) is 0 Å². The number of ether oxygens (including phenoxy) is 2. The highest BCUT2D eigenvalue weighted by Crippen LogP contribution is 2.30. The average molecular weight is 358 g/mol. The summed E-state index contributed by atoms with van der Waals surface area (Å²) in [6.45, 7) is 0.978. The molecule has 11 nitrogen and oxygen atoms in total. The third-order valence-electron chi connectivity index (χ3n) is 3.79. The first-order valence-electron chi connectivity index (χ1n) is 7.41. The van der Waals surface area contributed by atoms with Crippen LogP contribution in [0.25, 0.3) is 0 Å². The Morgan fingerprint density at radius 3 is 2.68 bits per heavy atom. The summed E-state index contributed by atoms with van der Waals surface area (Å²) in [5.74, 6) is -2.81. The summed E-state index contributed by atoms with van der Waals surface area (Å²) in [5.41, 5.74) is -1.00. The van der Waals surface area contributed by atoms with Crippen molar-refractivity contribution in [2.45, 2.75) is 44.3 Å². The minimum atomic E-state index is -1.62. The molecule has 2 unspecified atom stereocenters. The number of aliphatic hydroxyl groups excluding tert-OH is 1. The van der Waals surface area contributed by atoms with E-state index in [0.717, 1.165) is 4.57 Å². The molecule has 4 atom stereocenters. The van der Waals surface area contributed by atoms with Crippen LogP contribution < -0.4 is 11.2 Å². The highest BCUT2D eigenvalue weighted by molar-refractivity contribution is 5.79. The Hall–Kier alpha value is -2.50. The largest absolute Gasteiger partial charge is 0.481 e. The van der Waals surface area contributed by atoms with Gasteiger partial charge in [0.05, 0.1) is 19.1 Å². The fourth-order valence-electron chi connectivity index (χ4n) is 2.54. The Morgan fingerprint density at radius 2 is 2.12 bits per heavy atom. The molecule has 2 heterocycles. The summed E-state index contributed by atoms with van der Waals surface area (Å²) < 4.78 is 11.9. The van der Waals surface area contributed by atoms with E-state index in [0.29, 0.717) is 0 Å². The van der Waals surface area contributed by atoms with Crippen LogP contribution in [0.15, 0.2) is 15.8 Å². The zero-order valence-electron chi connectivity index (χ0n) is 13.2. The fourth-order valence-corrected chi connectivity index (χ4v) is 2.54. The standard InChI is InChI=1S/C14H18N2O9/c1-6-4-16(14(23)15-12(6)20)10-2-7(9(5-17)25-10)24-8(13(21)22)3-11(18)19/h4,7-10,17H,2-3,5H2,1H3,(H,18,19)(H,21,22)(H,15,20,23)/t7?,8?,9-,10-/m1/s1. The molecule has 1 fully saturated rings. The first-order chi connectivity index (χ1) is 11.7. The van der Waals surface area contributed by atoms with Crippen LogP contribution >= 0.6 is 0 Å². The Balaban J connectivity index is 2.21. The maximum absolute atomic E-state index is 11.9. The molecule has 1 aromatic rings. The number of rotatable bonds is 7. The summed E-state index contributed by atoms with van der Waals surface area (Å²) in [5, 5.41) is 27.2. The second kappa shape index (κ2) is 7.59. The number of carbonyl (C=O) groups is 2. The molecule has 0 saturated carbocycles. The first kappa shape index (κ1) is 18.8.